The number of halogens is 2. The van der Waals surface area contributed by atoms with E-state index in [1.54, 1.807) is 0 Å². The predicted octanol–water partition coefficient (Wildman–Crippen LogP) is 1.21. The first-order valence-electron chi connectivity index (χ1n) is 2.67. The highest BCUT2D eigenvalue weighted by Crippen LogP contribution is 2.21. The summed E-state index contributed by atoms with van der Waals surface area (Å²) in [6, 6.07) is 0. The van der Waals surface area contributed by atoms with Gasteiger partial charge < -0.3 is 9.47 Å². The summed E-state index contributed by atoms with van der Waals surface area (Å²) >= 11 is 11.2. The van der Waals surface area contributed by atoms with Gasteiger partial charge in [-0.1, -0.05) is 0 Å². The first-order chi connectivity index (χ1) is 4.33. The zero-order chi connectivity index (χ0) is 6.74. The van der Waals surface area contributed by atoms with E-state index in [4.69, 9.17) is 32.7 Å². The van der Waals surface area contributed by atoms with Gasteiger partial charge >= 0.3 is 0 Å². The second kappa shape index (κ2) is 3.06. The maximum Gasteiger partial charge on any atom is 0.147 e. The van der Waals surface area contributed by atoms with E-state index in [0.29, 0.717) is 25.2 Å². The molecule has 1 saturated heterocycles. The Kier molecular flexibility index (Phi) is 2.59. The molecule has 1 heterocycles. The first-order valence-corrected chi connectivity index (χ1v) is 3.73. The van der Waals surface area contributed by atoms with E-state index in [2.05, 4.69) is 0 Å². The molecule has 0 aromatic carbocycles. The topological polar surface area (TPSA) is 18.5 Å². The van der Waals surface area contributed by atoms with Gasteiger partial charge in [0.25, 0.3) is 0 Å². The molecule has 54 valence electrons. The van der Waals surface area contributed by atoms with Crippen molar-refractivity contribution in [1.82, 2.24) is 0 Å². The van der Waals surface area contributed by atoms with Crippen molar-refractivity contribution >= 4 is 23.2 Å². The van der Waals surface area contributed by atoms with Crippen molar-refractivity contribution in [3.05, 3.63) is 0 Å². The molecule has 4 heteroatoms. The van der Waals surface area contributed by atoms with E-state index in [9.17, 15) is 0 Å². The molecule has 0 spiro atoms. The lowest BCUT2D eigenvalue weighted by Crippen LogP contribution is -2.35. The van der Waals surface area contributed by atoms with Crippen LogP contribution in [-0.4, -0.2) is 30.8 Å². The monoisotopic (exact) mass is 170 g/mol. The highest BCUT2D eigenvalue weighted by Gasteiger charge is 2.34. The fourth-order valence-electron chi connectivity index (χ4n) is 0.626. The lowest BCUT2D eigenvalue weighted by molar-refractivity contribution is 0.0155. The van der Waals surface area contributed by atoms with Gasteiger partial charge in [-0.15, -0.1) is 23.2 Å². The quantitative estimate of drug-likeness (QED) is 0.581. The van der Waals surface area contributed by atoms with Crippen LogP contribution in [-0.2, 0) is 9.47 Å². The standard InChI is InChI=1S/C5H8Cl2O2/c6-1-5(2-7)3-8-4-9-5/h1-4H2. The Morgan fingerprint density at radius 1 is 1.33 bits per heavy atom. The Balaban J connectivity index is 2.45. The molecule has 1 rings (SSSR count). The molecule has 1 aliphatic rings. The van der Waals surface area contributed by atoms with Crippen molar-refractivity contribution in [3.63, 3.8) is 0 Å². The molecule has 9 heavy (non-hydrogen) atoms. The van der Waals surface area contributed by atoms with Crippen LogP contribution in [0.4, 0.5) is 0 Å². The van der Waals surface area contributed by atoms with Gasteiger partial charge in [-0.25, -0.2) is 0 Å². The molecule has 0 atom stereocenters. The Labute approximate surface area is 64.0 Å². The summed E-state index contributed by atoms with van der Waals surface area (Å²) in [5.41, 5.74) is -0.414. The molecule has 1 fully saturated rings. The van der Waals surface area contributed by atoms with Gasteiger partial charge in [0.1, 0.15) is 12.4 Å². The van der Waals surface area contributed by atoms with Crippen LogP contribution in [0.5, 0.6) is 0 Å². The zero-order valence-electron chi connectivity index (χ0n) is 4.90. The molecule has 0 bridgehead atoms. The molecule has 0 N–H and O–H groups in total. The Bertz CT molecular complexity index is 85.0. The molecule has 0 amide bonds. The molecule has 0 saturated carbocycles. The van der Waals surface area contributed by atoms with Gasteiger partial charge in [-0.2, -0.15) is 0 Å². The number of alkyl halides is 2. The van der Waals surface area contributed by atoms with Crippen LogP contribution in [0.2, 0.25) is 0 Å². The van der Waals surface area contributed by atoms with Crippen molar-refractivity contribution < 1.29 is 9.47 Å². The number of hydrogen-bond donors (Lipinski definition) is 0. The minimum Gasteiger partial charge on any atom is -0.352 e. The fraction of sp³-hybridized carbons (Fsp3) is 1.00. The van der Waals surface area contributed by atoms with E-state index in [0.717, 1.165) is 0 Å². The molecule has 0 aromatic rings. The predicted molar refractivity (Wildman–Crippen MR) is 36.1 cm³/mol. The molecule has 0 aliphatic carbocycles. The molecule has 0 aromatic heterocycles. The van der Waals surface area contributed by atoms with Crippen molar-refractivity contribution in [1.29, 1.82) is 0 Å². The number of hydrogen-bond acceptors (Lipinski definition) is 2. The maximum atomic E-state index is 5.58. The molecule has 0 unspecified atom stereocenters. The Morgan fingerprint density at radius 2 is 2.00 bits per heavy atom. The lowest BCUT2D eigenvalue weighted by atomic mass is 10.1. The summed E-state index contributed by atoms with van der Waals surface area (Å²) in [5, 5.41) is 0. The molecule has 2 nitrogen and oxygen atoms in total. The van der Waals surface area contributed by atoms with Gasteiger partial charge in [-0.3, -0.25) is 0 Å². The third kappa shape index (κ3) is 1.49. The van der Waals surface area contributed by atoms with Gasteiger partial charge in [0, 0.05) is 0 Å². The summed E-state index contributed by atoms with van der Waals surface area (Å²) in [6.45, 7) is 0.833. The third-order valence-electron chi connectivity index (χ3n) is 1.30. The molecular weight excluding hydrogens is 163 g/mol. The van der Waals surface area contributed by atoms with Crippen molar-refractivity contribution in [3.8, 4) is 0 Å². The Morgan fingerprint density at radius 3 is 2.22 bits per heavy atom. The normalized spacial score (nSPS) is 24.7. The number of ether oxygens (including phenoxy) is 2. The van der Waals surface area contributed by atoms with Crippen LogP contribution in [0.25, 0.3) is 0 Å². The Hall–Kier alpha value is 0.500. The van der Waals surface area contributed by atoms with E-state index < -0.39 is 5.60 Å². The minimum atomic E-state index is -0.414. The van der Waals surface area contributed by atoms with Crippen LogP contribution >= 0.6 is 23.2 Å². The second-order valence-corrected chi connectivity index (χ2v) is 2.60. The SMILES string of the molecule is ClCC1(CCl)COCO1. The molecule has 0 radical (unpaired) electrons. The lowest BCUT2D eigenvalue weighted by Gasteiger charge is -2.19. The van der Waals surface area contributed by atoms with Crippen molar-refractivity contribution in [2.75, 3.05) is 25.2 Å². The fourth-order valence-corrected chi connectivity index (χ4v) is 1.22. The smallest absolute Gasteiger partial charge is 0.147 e. The number of rotatable bonds is 2. The maximum absolute atomic E-state index is 5.58. The molecule has 1 aliphatic heterocycles. The first kappa shape index (κ1) is 7.61. The van der Waals surface area contributed by atoms with Gasteiger partial charge in [-0.05, 0) is 0 Å². The minimum absolute atomic E-state index is 0.319. The van der Waals surface area contributed by atoms with Crippen LogP contribution in [0.3, 0.4) is 0 Å². The average molecular weight is 171 g/mol. The van der Waals surface area contributed by atoms with Crippen LogP contribution in [0.15, 0.2) is 0 Å². The third-order valence-corrected chi connectivity index (χ3v) is 2.27. The highest BCUT2D eigenvalue weighted by atomic mass is 35.5. The van der Waals surface area contributed by atoms with E-state index in [1.807, 2.05) is 0 Å². The summed E-state index contributed by atoms with van der Waals surface area (Å²) in [6.07, 6.45) is 0. The largest absolute Gasteiger partial charge is 0.352 e. The highest BCUT2D eigenvalue weighted by molar-refractivity contribution is 6.21. The summed E-state index contributed by atoms with van der Waals surface area (Å²) < 4.78 is 10.1. The van der Waals surface area contributed by atoms with E-state index in [-0.39, 0.29) is 0 Å². The van der Waals surface area contributed by atoms with Crippen LogP contribution < -0.4 is 0 Å². The van der Waals surface area contributed by atoms with Crippen molar-refractivity contribution in [2.45, 2.75) is 5.60 Å². The van der Waals surface area contributed by atoms with Gasteiger partial charge in [0.2, 0.25) is 0 Å². The summed E-state index contributed by atoms with van der Waals surface area (Å²) in [5.74, 6) is 0.799. The summed E-state index contributed by atoms with van der Waals surface area (Å²) in [4.78, 5) is 0. The summed E-state index contributed by atoms with van der Waals surface area (Å²) in [7, 11) is 0. The second-order valence-electron chi connectivity index (χ2n) is 2.06. The van der Waals surface area contributed by atoms with Crippen LogP contribution in [0.1, 0.15) is 0 Å². The molecular formula is C5H8Cl2O2. The zero-order valence-corrected chi connectivity index (χ0v) is 6.41. The average Bonchev–Trinajstić information content (AvgIpc) is 2.36. The van der Waals surface area contributed by atoms with E-state index in [1.165, 1.54) is 0 Å². The van der Waals surface area contributed by atoms with Crippen molar-refractivity contribution in [2.24, 2.45) is 0 Å². The van der Waals surface area contributed by atoms with Gasteiger partial charge in [0.15, 0.2) is 0 Å². The van der Waals surface area contributed by atoms with Crippen LogP contribution in [0, 0.1) is 0 Å². The van der Waals surface area contributed by atoms with Gasteiger partial charge in [0.05, 0.1) is 18.4 Å². The van der Waals surface area contributed by atoms with E-state index >= 15 is 0 Å².